The van der Waals surface area contributed by atoms with Crippen molar-refractivity contribution in [3.05, 3.63) is 64.9 Å². The molecule has 1 aromatic carbocycles. The Morgan fingerprint density at radius 3 is 2.47 bits per heavy atom. The van der Waals surface area contributed by atoms with Crippen molar-refractivity contribution in [3.8, 4) is 11.9 Å². The van der Waals surface area contributed by atoms with Crippen molar-refractivity contribution in [2.75, 3.05) is 0 Å². The molecular formula is C26H26N6O3S. The zero-order chi connectivity index (χ0) is 25.0. The van der Waals surface area contributed by atoms with Crippen LogP contribution < -0.4 is 5.32 Å². The highest BCUT2D eigenvalue weighted by Crippen LogP contribution is 2.43. The molecule has 1 amide bonds. The number of benzene rings is 1. The molecule has 1 atom stereocenters. The third kappa shape index (κ3) is 4.39. The summed E-state index contributed by atoms with van der Waals surface area (Å²) in [5.41, 5.74) is 1.70. The lowest BCUT2D eigenvalue weighted by atomic mass is 10.1. The fourth-order valence-electron chi connectivity index (χ4n) is 4.37. The number of sulfone groups is 1. The Bertz CT molecular complexity index is 1490. The van der Waals surface area contributed by atoms with Gasteiger partial charge in [0, 0.05) is 17.7 Å². The summed E-state index contributed by atoms with van der Waals surface area (Å²) in [5, 5.41) is 16.4. The molecule has 0 bridgehead atoms. The second-order valence-electron chi connectivity index (χ2n) is 10.0. The summed E-state index contributed by atoms with van der Waals surface area (Å²) < 4.78 is 27.5. The van der Waals surface area contributed by atoms with E-state index >= 15 is 0 Å². The van der Waals surface area contributed by atoms with Crippen LogP contribution in [0.1, 0.15) is 96.5 Å². The van der Waals surface area contributed by atoms with Gasteiger partial charge in [0.25, 0.3) is 5.91 Å². The van der Waals surface area contributed by atoms with Crippen molar-refractivity contribution in [1.82, 2.24) is 25.1 Å². The highest BCUT2D eigenvalue weighted by Gasteiger charge is 2.38. The molecule has 184 valence electrons. The Morgan fingerprint density at radius 1 is 1.11 bits per heavy atom. The van der Waals surface area contributed by atoms with E-state index in [4.69, 9.17) is 10.2 Å². The Hall–Kier alpha value is -3.58. The van der Waals surface area contributed by atoms with Gasteiger partial charge >= 0.3 is 0 Å². The maximum Gasteiger partial charge on any atom is 0.251 e. The first-order valence-corrected chi connectivity index (χ1v) is 13.9. The van der Waals surface area contributed by atoms with Gasteiger partial charge in [0.15, 0.2) is 27.3 Å². The van der Waals surface area contributed by atoms with Crippen molar-refractivity contribution < 1.29 is 13.2 Å². The SMILES string of the molecule is C[C@H](NC(=O)c1cc(C2CC2)cc(S(=O)(=O)C2CC2)c1)c1nc(C2CC2)nn1-c1ccc(C#N)cn1. The van der Waals surface area contributed by atoms with E-state index in [2.05, 4.69) is 21.5 Å². The standard InChI is InChI=1S/C26H26N6O3S/c1-15(25-30-24(18-5-6-18)31-32(25)23-9-2-16(13-27)14-28-23)29-26(33)20-10-19(17-3-4-17)11-22(12-20)36(34,35)21-7-8-21/h2,9-12,14-15,17-18,21H,3-8H2,1H3,(H,29,33)/t15-/m0/s1. The van der Waals surface area contributed by atoms with E-state index in [-0.39, 0.29) is 16.1 Å². The molecule has 0 saturated heterocycles. The summed E-state index contributed by atoms with van der Waals surface area (Å²) in [4.78, 5) is 22.7. The molecule has 2 heterocycles. The summed E-state index contributed by atoms with van der Waals surface area (Å²) in [5.74, 6) is 2.02. The molecule has 0 spiro atoms. The molecule has 0 unspecified atom stereocenters. The van der Waals surface area contributed by atoms with E-state index in [0.29, 0.717) is 53.3 Å². The highest BCUT2D eigenvalue weighted by molar-refractivity contribution is 7.92. The van der Waals surface area contributed by atoms with Crippen molar-refractivity contribution in [2.45, 2.75) is 73.5 Å². The number of rotatable bonds is 8. The average Bonchev–Trinajstić information content (AvgIpc) is 3.74. The normalized spacial score (nSPS) is 18.4. The third-order valence-electron chi connectivity index (χ3n) is 6.95. The minimum atomic E-state index is -3.42. The lowest BCUT2D eigenvalue weighted by Gasteiger charge is -2.16. The maximum absolute atomic E-state index is 13.4. The predicted octanol–water partition coefficient (Wildman–Crippen LogP) is 3.72. The summed E-state index contributed by atoms with van der Waals surface area (Å²) in [6.07, 6.45) is 6.90. The quantitative estimate of drug-likeness (QED) is 0.497. The van der Waals surface area contributed by atoms with E-state index < -0.39 is 15.9 Å². The molecule has 36 heavy (non-hydrogen) atoms. The van der Waals surface area contributed by atoms with E-state index in [1.165, 1.54) is 12.3 Å². The van der Waals surface area contributed by atoms with Gasteiger partial charge in [-0.25, -0.2) is 18.4 Å². The molecule has 10 heteroatoms. The summed E-state index contributed by atoms with van der Waals surface area (Å²) >= 11 is 0. The maximum atomic E-state index is 13.4. The number of nitrogens with zero attached hydrogens (tertiary/aromatic N) is 5. The van der Waals surface area contributed by atoms with Crippen LogP contribution >= 0.6 is 0 Å². The topological polar surface area (TPSA) is 131 Å². The number of hydrogen-bond donors (Lipinski definition) is 1. The van der Waals surface area contributed by atoms with Crippen molar-refractivity contribution in [3.63, 3.8) is 0 Å². The zero-order valence-electron chi connectivity index (χ0n) is 19.9. The van der Waals surface area contributed by atoms with Crippen LogP contribution in [0.2, 0.25) is 0 Å². The smallest absolute Gasteiger partial charge is 0.251 e. The van der Waals surface area contributed by atoms with Crippen molar-refractivity contribution >= 4 is 15.7 Å². The van der Waals surface area contributed by atoms with Crippen LogP contribution in [0, 0.1) is 11.3 Å². The van der Waals surface area contributed by atoms with E-state index in [0.717, 1.165) is 31.2 Å². The molecule has 3 saturated carbocycles. The second kappa shape index (κ2) is 8.52. The van der Waals surface area contributed by atoms with E-state index in [1.807, 2.05) is 13.0 Å². The summed E-state index contributed by atoms with van der Waals surface area (Å²) in [6.45, 7) is 1.82. The number of nitriles is 1. The number of amides is 1. The van der Waals surface area contributed by atoms with E-state index in [1.54, 1.807) is 22.9 Å². The minimum Gasteiger partial charge on any atom is -0.342 e. The number of carbonyl (C=O) groups excluding carboxylic acids is 1. The molecule has 3 fully saturated rings. The molecule has 6 rings (SSSR count). The average molecular weight is 503 g/mol. The number of hydrogen-bond acceptors (Lipinski definition) is 7. The van der Waals surface area contributed by atoms with Crippen molar-refractivity contribution in [2.24, 2.45) is 0 Å². The van der Waals surface area contributed by atoms with Crippen molar-refractivity contribution in [1.29, 1.82) is 5.26 Å². The van der Waals surface area contributed by atoms with Crippen LogP contribution in [0.5, 0.6) is 0 Å². The molecule has 2 aromatic heterocycles. The van der Waals surface area contributed by atoms with Gasteiger partial charge in [-0.2, -0.15) is 9.94 Å². The summed E-state index contributed by atoms with van der Waals surface area (Å²) in [6, 6.07) is 9.98. The molecule has 3 aliphatic rings. The fraction of sp³-hybridized carbons (Fsp3) is 0.423. The van der Waals surface area contributed by atoms with Gasteiger partial charge in [-0.05, 0) is 87.3 Å². The molecule has 9 nitrogen and oxygen atoms in total. The molecule has 0 aliphatic heterocycles. The van der Waals surface area contributed by atoms with Crippen LogP contribution in [0.25, 0.3) is 5.82 Å². The van der Waals surface area contributed by atoms with Crippen LogP contribution in [-0.4, -0.2) is 39.3 Å². The molecule has 3 aromatic rings. The largest absolute Gasteiger partial charge is 0.342 e. The lowest BCUT2D eigenvalue weighted by molar-refractivity contribution is 0.0937. The van der Waals surface area contributed by atoms with Crippen LogP contribution in [0.4, 0.5) is 0 Å². The number of aromatic nitrogens is 4. The lowest BCUT2D eigenvalue weighted by Crippen LogP contribution is -2.29. The number of pyridine rings is 1. The first kappa shape index (κ1) is 22.9. The molecule has 0 radical (unpaired) electrons. The minimum absolute atomic E-state index is 0.244. The fourth-order valence-corrected chi connectivity index (χ4v) is 6.10. The van der Waals surface area contributed by atoms with Gasteiger partial charge in [0.1, 0.15) is 6.07 Å². The predicted molar refractivity (Wildman–Crippen MR) is 130 cm³/mol. The van der Waals surface area contributed by atoms with Gasteiger partial charge in [0.2, 0.25) is 0 Å². The van der Waals surface area contributed by atoms with Gasteiger partial charge in [-0.1, -0.05) is 0 Å². The van der Waals surface area contributed by atoms with Gasteiger partial charge in [-0.3, -0.25) is 4.79 Å². The highest BCUT2D eigenvalue weighted by atomic mass is 32.2. The third-order valence-corrected chi connectivity index (χ3v) is 9.19. The Balaban J connectivity index is 1.30. The Kier molecular flexibility index (Phi) is 5.41. The van der Waals surface area contributed by atoms with Gasteiger partial charge < -0.3 is 5.32 Å². The van der Waals surface area contributed by atoms with Crippen LogP contribution in [0.15, 0.2) is 41.4 Å². The zero-order valence-corrected chi connectivity index (χ0v) is 20.7. The van der Waals surface area contributed by atoms with Crippen LogP contribution in [-0.2, 0) is 9.84 Å². The molecular weight excluding hydrogens is 476 g/mol. The summed E-state index contributed by atoms with van der Waals surface area (Å²) in [7, 11) is -3.42. The monoisotopic (exact) mass is 502 g/mol. The Labute approximate surface area is 209 Å². The number of nitrogens with one attached hydrogen (secondary N) is 1. The van der Waals surface area contributed by atoms with Gasteiger partial charge in [0.05, 0.1) is 21.8 Å². The molecule has 1 N–H and O–H groups in total. The first-order valence-electron chi connectivity index (χ1n) is 12.4. The van der Waals surface area contributed by atoms with Gasteiger partial charge in [-0.15, -0.1) is 5.10 Å². The van der Waals surface area contributed by atoms with Crippen LogP contribution in [0.3, 0.4) is 0 Å². The van der Waals surface area contributed by atoms with E-state index in [9.17, 15) is 13.2 Å². The molecule has 3 aliphatic carbocycles. The Morgan fingerprint density at radius 2 is 1.86 bits per heavy atom. The first-order chi connectivity index (χ1) is 17.3. The second-order valence-corrected chi connectivity index (χ2v) is 12.3. The number of carbonyl (C=O) groups is 1.